The largest absolute Gasteiger partial charge is 0.482 e. The van der Waals surface area contributed by atoms with Crippen molar-refractivity contribution < 1.29 is 111 Å². The Kier molecular flexibility index (Phi) is 42.9. The summed E-state index contributed by atoms with van der Waals surface area (Å²) in [5.41, 5.74) is 20.9. The number of carbonyl (C=O) groups is 19. The number of aliphatic hydroxyl groups is 1. The highest BCUT2D eigenvalue weighted by atomic mass is 32.2. The van der Waals surface area contributed by atoms with Crippen LogP contribution in [0.2, 0.25) is 0 Å². The molecule has 137 heavy (non-hydrogen) atoms. The van der Waals surface area contributed by atoms with Gasteiger partial charge in [-0.25, -0.2) is 4.79 Å². The van der Waals surface area contributed by atoms with E-state index < -0.39 is 290 Å². The number of aliphatic hydroxyl groups excluding tert-OH is 1. The van der Waals surface area contributed by atoms with Gasteiger partial charge in [-0.15, -0.1) is 11.8 Å². The Morgan fingerprint density at radius 3 is 1.29 bits per heavy atom. The van der Waals surface area contributed by atoms with Crippen LogP contribution in [0.1, 0.15) is 117 Å². The van der Waals surface area contributed by atoms with E-state index in [1.807, 2.05) is 30.3 Å². The van der Waals surface area contributed by atoms with Gasteiger partial charge < -0.3 is 122 Å². The van der Waals surface area contributed by atoms with Crippen molar-refractivity contribution in [3.8, 4) is 16.9 Å². The number of hydrogen-bond acceptors (Lipinski definition) is 24. The number of para-hydroxylation sites is 1. The molecular formula is C93H124N20O23S. The van der Waals surface area contributed by atoms with Crippen molar-refractivity contribution in [2.45, 2.75) is 205 Å². The van der Waals surface area contributed by atoms with E-state index in [1.165, 1.54) is 62.6 Å². The number of nitrogens with two attached hydrogens (primary N) is 3. The Morgan fingerprint density at radius 2 is 0.818 bits per heavy atom. The molecule has 1 aliphatic heterocycles. The fourth-order valence-electron chi connectivity index (χ4n) is 14.6. The zero-order valence-electron chi connectivity index (χ0n) is 77.7. The minimum Gasteiger partial charge on any atom is -0.482 e. The fraction of sp³-hybridized carbons (Fsp3) is 0.462. The molecule has 17 amide bonds. The molecule has 43 nitrogen and oxygen atoms in total. The van der Waals surface area contributed by atoms with Crippen LogP contribution in [0.5, 0.6) is 5.75 Å². The summed E-state index contributed by atoms with van der Waals surface area (Å²) >= 11 is 0.656. The second kappa shape index (κ2) is 53.6. The molecule has 0 bridgehead atoms. The summed E-state index contributed by atoms with van der Waals surface area (Å²) in [4.78, 5) is 278. The molecule has 2 aromatic heterocycles. The van der Waals surface area contributed by atoms with Crippen molar-refractivity contribution in [3.05, 3.63) is 156 Å². The summed E-state index contributed by atoms with van der Waals surface area (Å²) in [6, 6.07) is 7.66. The molecule has 0 unspecified atom stereocenters. The zero-order valence-corrected chi connectivity index (χ0v) is 78.5. The minimum atomic E-state index is -2.09. The van der Waals surface area contributed by atoms with Crippen LogP contribution in [0.15, 0.2) is 134 Å². The molecule has 0 saturated carbocycles. The van der Waals surface area contributed by atoms with Crippen molar-refractivity contribution in [2.75, 3.05) is 37.8 Å². The Bertz CT molecular complexity index is 5240. The van der Waals surface area contributed by atoms with E-state index in [0.717, 1.165) is 11.1 Å². The van der Waals surface area contributed by atoms with Crippen molar-refractivity contribution in [1.29, 1.82) is 0 Å². The van der Waals surface area contributed by atoms with Gasteiger partial charge in [0.25, 0.3) is 0 Å². The number of ether oxygens (including phenoxy) is 1. The average molecular weight is 1920 g/mol. The molecule has 740 valence electrons. The second-order valence-electron chi connectivity index (χ2n) is 35.0. The van der Waals surface area contributed by atoms with Crippen molar-refractivity contribution >= 4 is 135 Å². The number of primary amides is 2. The molecule has 0 aliphatic carbocycles. The Labute approximate surface area is 794 Å². The molecule has 0 spiro atoms. The summed E-state index contributed by atoms with van der Waals surface area (Å²) in [6.45, 7) is 12.6. The van der Waals surface area contributed by atoms with E-state index in [1.54, 1.807) is 110 Å². The number of carboxylic acid groups (broad SMARTS) is 2. The lowest BCUT2D eigenvalue weighted by Gasteiger charge is -2.30. The number of benzene rings is 4. The van der Waals surface area contributed by atoms with Crippen molar-refractivity contribution in [3.63, 3.8) is 0 Å². The topological polar surface area (TPSA) is 681 Å². The second-order valence-corrected chi connectivity index (χ2v) is 36.0. The summed E-state index contributed by atoms with van der Waals surface area (Å²) in [5, 5.41) is 69.0. The molecule has 14 atom stereocenters. The molecule has 25 N–H and O–H groups in total. The molecule has 1 saturated heterocycles. The molecular weight excluding hydrogens is 1800 g/mol. The quantitative estimate of drug-likeness (QED) is 0.0241. The molecule has 7 rings (SSSR count). The van der Waals surface area contributed by atoms with Gasteiger partial charge in [-0.2, -0.15) is 0 Å². The number of fused-ring (bicyclic) bond motifs is 1. The number of thioether (sulfide) groups is 1. The Morgan fingerprint density at radius 1 is 0.423 bits per heavy atom. The number of aromatic nitrogens is 2. The number of nitrogens with zero attached hydrogens (tertiary/aromatic N) is 1. The Balaban J connectivity index is 1.33. The molecule has 4 aromatic carbocycles. The maximum atomic E-state index is 15.4. The molecule has 1 fully saturated rings. The first-order valence-corrected chi connectivity index (χ1v) is 45.8. The maximum Gasteiger partial charge on any atom is 0.341 e. The van der Waals surface area contributed by atoms with Crippen LogP contribution < -0.4 is 102 Å². The first-order valence-electron chi connectivity index (χ1n) is 44.6. The van der Waals surface area contributed by atoms with Gasteiger partial charge in [0.2, 0.25) is 100 Å². The van der Waals surface area contributed by atoms with Gasteiger partial charge in [0.1, 0.15) is 90.3 Å². The van der Waals surface area contributed by atoms with Gasteiger partial charge in [0.15, 0.2) is 6.61 Å². The van der Waals surface area contributed by atoms with Crippen LogP contribution in [0.3, 0.4) is 0 Å². The lowest BCUT2D eigenvalue weighted by atomic mass is 9.97. The number of pyridine rings is 1. The minimum absolute atomic E-state index is 0.0733. The van der Waals surface area contributed by atoms with E-state index in [-0.39, 0.29) is 37.0 Å². The van der Waals surface area contributed by atoms with Crippen LogP contribution in [0, 0.1) is 29.6 Å². The third-order valence-corrected chi connectivity index (χ3v) is 22.8. The zero-order chi connectivity index (χ0) is 101. The molecule has 44 heteroatoms. The van der Waals surface area contributed by atoms with E-state index in [4.69, 9.17) is 21.9 Å². The van der Waals surface area contributed by atoms with Gasteiger partial charge in [-0.3, -0.25) is 91.3 Å². The number of H-pyrrole nitrogens is 1. The van der Waals surface area contributed by atoms with Crippen molar-refractivity contribution in [1.82, 2.24) is 89.7 Å². The predicted molar refractivity (Wildman–Crippen MR) is 501 cm³/mol. The number of amides is 17. The van der Waals surface area contributed by atoms with Crippen LogP contribution in [0.4, 0.5) is 0 Å². The summed E-state index contributed by atoms with van der Waals surface area (Å²) in [6.07, 6.45) is 0.387. The number of rotatable bonds is 28. The summed E-state index contributed by atoms with van der Waals surface area (Å²) in [5.74, 6) is -25.8. The lowest BCUT2D eigenvalue weighted by molar-refractivity contribution is -0.142. The number of nitrogens with one attached hydrogen (secondary N) is 16. The highest BCUT2D eigenvalue weighted by Crippen LogP contribution is 2.24. The van der Waals surface area contributed by atoms with E-state index in [9.17, 15) is 77.6 Å². The number of aromatic amines is 1. The number of carboxylic acids is 2. The monoisotopic (exact) mass is 1920 g/mol. The average Bonchev–Trinajstić information content (AvgIpc) is 1.48. The van der Waals surface area contributed by atoms with Gasteiger partial charge in [0.05, 0.1) is 31.7 Å². The van der Waals surface area contributed by atoms with Gasteiger partial charge in [-0.1, -0.05) is 154 Å². The smallest absolute Gasteiger partial charge is 0.341 e. The third kappa shape index (κ3) is 35.4. The summed E-state index contributed by atoms with van der Waals surface area (Å²) < 4.78 is 5.30. The highest BCUT2D eigenvalue weighted by Gasteiger charge is 2.41. The first kappa shape index (κ1) is 110. The van der Waals surface area contributed by atoms with E-state index in [0.29, 0.717) is 39.4 Å². The first-order chi connectivity index (χ1) is 64.9. The number of aliphatic carboxylic acids is 2. The van der Waals surface area contributed by atoms with Gasteiger partial charge in [0, 0.05) is 67.5 Å². The molecule has 3 heterocycles. The van der Waals surface area contributed by atoms with E-state index >= 15 is 28.8 Å². The van der Waals surface area contributed by atoms with Crippen molar-refractivity contribution in [2.24, 2.45) is 46.8 Å². The number of hydrogen-bond donors (Lipinski definition) is 22. The highest BCUT2D eigenvalue weighted by molar-refractivity contribution is 8.00. The maximum absolute atomic E-state index is 15.4. The molecule has 1 aliphatic rings. The van der Waals surface area contributed by atoms with Gasteiger partial charge in [-0.05, 0) is 106 Å². The lowest BCUT2D eigenvalue weighted by Crippen LogP contribution is -2.63. The molecule has 6 aromatic rings. The SMILES string of the molecule is CC(C)C[C@@H]1NC(=O)[C@H](CC(N)=O)NC(=O)[C@@H](CC(C)C)NC(=O)[C@H](CN)NC(=O)[C@H](C(C)C)NC(=O)[C@H](Cc2ccc(-c3ccccc3)cc2)NC(=O)[C@H](C(C)C)NC(=O)[C@H](Cc2c[nH]c3ccccc23)NC(=O)[C@H](CC(=O)O)NC(=O)[C@H](Cc2ccncc2)NC(=O)[C@H](Cc2ccc(OCC(=O)O)cc2)NC(=O)CSC[C@@H](C(=O)NCC(N)=O)NC(=O)[C@H](CO)NC(=O)[C@H](C(C)C)NC1=O. The molecule has 0 radical (unpaired) electrons. The van der Waals surface area contributed by atoms with Gasteiger partial charge >= 0.3 is 11.9 Å². The van der Waals surface area contributed by atoms with Crippen LogP contribution >= 0.6 is 11.8 Å². The third-order valence-electron chi connectivity index (χ3n) is 21.8. The predicted octanol–water partition coefficient (Wildman–Crippen LogP) is -2.54. The van der Waals surface area contributed by atoms with Crippen LogP contribution in [-0.2, 0) is 117 Å². The standard InChI is InChI=1S/C93H124N20O23S/c1-47(2)32-61-81(123)105-67(38-72(95)115)84(126)101-62(33-48(3)4)86(128)111-79(51(9)10)93(135)109-70(43-114)90(132)110-71(80(122)99-42-73(96)116)45-137-46-74(117)100-63(34-53-22-26-58(27-23-53)136-44-76(120)121)82(124)103-64(36-54-28-30-97-31-29-54)83(125)106-68(39-75(118)119)85(127)104-66(37-57-41-98-60-19-15-14-18-59(57)60)88(130)113-77(49(5)6)91(133)107-65(35-52-20-24-56(25-21-52)55-16-12-11-13-17-55)87(129)112-78(50(7)8)92(134)108-69(40-94)89(131)102-61/h11-31,41,47-51,61-71,77-79,98,114H,32-40,42-46,94H2,1-10H3,(H2,95,115)(H2,96,116)(H,99,122)(H,100,117)(H,101,126)(H,102,131)(H,103,124)(H,104,127)(H,105,123)(H,106,125)(H,107,133)(H,108,134)(H,109,135)(H,110,132)(H,111,128)(H,112,129)(H,113,130)(H,118,119)(H,120,121)/t61-,62+,63+,64+,65+,66+,67+,68+,69+,70+,71+,77+,78+,79+/m1/s1. The van der Waals surface area contributed by atoms with Crippen LogP contribution in [-0.4, -0.2) is 260 Å². The van der Waals surface area contributed by atoms with Crippen LogP contribution in [0.25, 0.3) is 22.0 Å². The van der Waals surface area contributed by atoms with E-state index in [2.05, 4.69) is 89.7 Å². The fourth-order valence-corrected chi connectivity index (χ4v) is 15.4. The Hall–Kier alpha value is -14.4. The summed E-state index contributed by atoms with van der Waals surface area (Å²) in [7, 11) is 0. The normalized spacial score (nSPS) is 22.9. The number of carbonyl (C=O) groups excluding carboxylic acids is 17.